The lowest BCUT2D eigenvalue weighted by Gasteiger charge is -2.18. The molecular formula is C64H110O6. The van der Waals surface area contributed by atoms with Crippen molar-refractivity contribution in [3.05, 3.63) is 85.1 Å². The molecule has 0 aliphatic heterocycles. The van der Waals surface area contributed by atoms with Gasteiger partial charge in [0.1, 0.15) is 13.2 Å². The highest BCUT2D eigenvalue weighted by atomic mass is 16.6. The van der Waals surface area contributed by atoms with Crippen LogP contribution >= 0.6 is 0 Å². The number of esters is 3. The van der Waals surface area contributed by atoms with Crippen molar-refractivity contribution in [1.82, 2.24) is 0 Å². The van der Waals surface area contributed by atoms with Crippen molar-refractivity contribution in [2.24, 2.45) is 0 Å². The van der Waals surface area contributed by atoms with Gasteiger partial charge in [-0.1, -0.05) is 260 Å². The Hall–Kier alpha value is -3.41. The lowest BCUT2D eigenvalue weighted by atomic mass is 10.0. The Morgan fingerprint density at radius 3 is 0.886 bits per heavy atom. The molecule has 0 aromatic rings. The quantitative estimate of drug-likeness (QED) is 0.0261. The number of ether oxygens (including phenoxy) is 3. The maximum Gasteiger partial charge on any atom is 0.306 e. The van der Waals surface area contributed by atoms with Gasteiger partial charge in [-0.2, -0.15) is 0 Å². The Morgan fingerprint density at radius 1 is 0.300 bits per heavy atom. The van der Waals surface area contributed by atoms with E-state index in [1.165, 1.54) is 135 Å². The molecule has 0 saturated heterocycles. The van der Waals surface area contributed by atoms with Crippen LogP contribution in [-0.2, 0) is 28.6 Å². The standard InChI is InChI=1S/C64H110O6/c1-4-7-10-13-16-19-22-25-27-29-30-31-32-33-34-35-37-39-42-45-48-51-54-57-63(66)69-60-61(59-68-62(65)56-53-50-47-44-41-38-24-21-18-15-12-9-6-3)70-64(67)58-55-52-49-46-43-40-36-28-26-23-20-17-14-11-8-5-2/h7,9-10,12,16,18-19,21,25,27,30-31,38,41,61H,4-6,8,11,13-15,17,20,22-24,26,28-29,32-37,39-40,42-60H2,1-3H3/b10-7-,12-9-,19-16-,21-18-,27-25-,31-30-,41-38-. The van der Waals surface area contributed by atoms with Gasteiger partial charge in [0.2, 0.25) is 0 Å². The first-order valence-corrected chi connectivity index (χ1v) is 29.6. The van der Waals surface area contributed by atoms with E-state index in [2.05, 4.69) is 106 Å². The Kier molecular flexibility index (Phi) is 55.3. The van der Waals surface area contributed by atoms with Gasteiger partial charge in [0.05, 0.1) is 0 Å². The minimum atomic E-state index is -0.789. The first kappa shape index (κ1) is 66.6. The molecule has 0 aromatic heterocycles. The molecule has 6 heteroatoms. The van der Waals surface area contributed by atoms with Gasteiger partial charge in [0.15, 0.2) is 6.10 Å². The summed E-state index contributed by atoms with van der Waals surface area (Å²) in [5, 5.41) is 0. The average Bonchev–Trinajstić information content (AvgIpc) is 3.36. The summed E-state index contributed by atoms with van der Waals surface area (Å²) in [4.78, 5) is 38.2. The van der Waals surface area contributed by atoms with Crippen LogP contribution in [0.1, 0.15) is 284 Å². The molecule has 402 valence electrons. The van der Waals surface area contributed by atoms with Gasteiger partial charge in [-0.25, -0.2) is 0 Å². The van der Waals surface area contributed by atoms with Crippen LogP contribution < -0.4 is 0 Å². The third kappa shape index (κ3) is 55.5. The molecule has 0 aliphatic rings. The van der Waals surface area contributed by atoms with Crippen LogP contribution in [0.15, 0.2) is 85.1 Å². The summed E-state index contributed by atoms with van der Waals surface area (Å²) in [6.45, 7) is 6.41. The molecule has 1 atom stereocenters. The summed E-state index contributed by atoms with van der Waals surface area (Å²) < 4.78 is 16.9. The van der Waals surface area contributed by atoms with Gasteiger partial charge in [0.25, 0.3) is 0 Å². The predicted molar refractivity (Wildman–Crippen MR) is 302 cm³/mol. The number of carbonyl (C=O) groups is 3. The molecule has 0 spiro atoms. The zero-order valence-electron chi connectivity index (χ0n) is 46.0. The number of carbonyl (C=O) groups excluding carboxylic acids is 3. The molecule has 0 heterocycles. The van der Waals surface area contributed by atoms with E-state index in [0.29, 0.717) is 19.3 Å². The number of allylic oxidation sites excluding steroid dienone is 14. The molecule has 0 rings (SSSR count). The summed E-state index contributed by atoms with van der Waals surface area (Å²) in [7, 11) is 0. The van der Waals surface area contributed by atoms with E-state index in [-0.39, 0.29) is 31.1 Å². The zero-order chi connectivity index (χ0) is 50.7. The fourth-order valence-electron chi connectivity index (χ4n) is 8.27. The Morgan fingerprint density at radius 2 is 0.557 bits per heavy atom. The second-order valence-corrected chi connectivity index (χ2v) is 19.5. The maximum atomic E-state index is 12.9. The molecule has 0 amide bonds. The molecular weight excluding hydrogens is 865 g/mol. The van der Waals surface area contributed by atoms with Crippen molar-refractivity contribution >= 4 is 17.9 Å². The first-order chi connectivity index (χ1) is 34.5. The molecule has 0 aromatic carbocycles. The highest BCUT2D eigenvalue weighted by molar-refractivity contribution is 5.71. The second kappa shape index (κ2) is 58.2. The molecule has 70 heavy (non-hydrogen) atoms. The number of hydrogen-bond acceptors (Lipinski definition) is 6. The van der Waals surface area contributed by atoms with Gasteiger partial charge in [-0.3, -0.25) is 14.4 Å². The topological polar surface area (TPSA) is 78.9 Å². The third-order valence-electron chi connectivity index (χ3n) is 12.6. The molecule has 0 N–H and O–H groups in total. The average molecular weight is 976 g/mol. The lowest BCUT2D eigenvalue weighted by molar-refractivity contribution is -0.167. The molecule has 0 saturated carbocycles. The Balaban J connectivity index is 4.34. The normalized spacial score (nSPS) is 12.7. The van der Waals surface area contributed by atoms with Crippen LogP contribution in [0.25, 0.3) is 0 Å². The molecule has 0 fully saturated rings. The summed E-state index contributed by atoms with van der Waals surface area (Å²) in [6.07, 6.45) is 75.8. The fourth-order valence-corrected chi connectivity index (χ4v) is 8.27. The smallest absolute Gasteiger partial charge is 0.306 e. The van der Waals surface area contributed by atoms with E-state index in [9.17, 15) is 14.4 Å². The number of rotatable bonds is 53. The van der Waals surface area contributed by atoms with Crippen molar-refractivity contribution in [1.29, 1.82) is 0 Å². The summed E-state index contributed by atoms with van der Waals surface area (Å²) in [5.74, 6) is -0.911. The van der Waals surface area contributed by atoms with Crippen molar-refractivity contribution in [3.8, 4) is 0 Å². The number of hydrogen-bond donors (Lipinski definition) is 0. The predicted octanol–water partition coefficient (Wildman–Crippen LogP) is 19.9. The number of unbranched alkanes of at least 4 members (excludes halogenated alkanes) is 28. The zero-order valence-corrected chi connectivity index (χ0v) is 46.0. The monoisotopic (exact) mass is 975 g/mol. The maximum absolute atomic E-state index is 12.9. The van der Waals surface area contributed by atoms with Crippen molar-refractivity contribution < 1.29 is 28.6 Å². The van der Waals surface area contributed by atoms with E-state index < -0.39 is 6.10 Å². The van der Waals surface area contributed by atoms with Gasteiger partial charge in [0, 0.05) is 19.3 Å². The Labute approximate surface area is 433 Å². The van der Waals surface area contributed by atoms with E-state index in [4.69, 9.17) is 14.2 Å². The van der Waals surface area contributed by atoms with E-state index in [0.717, 1.165) is 109 Å². The Bertz CT molecular complexity index is 1350. The molecule has 0 radical (unpaired) electrons. The second-order valence-electron chi connectivity index (χ2n) is 19.5. The van der Waals surface area contributed by atoms with Crippen molar-refractivity contribution in [2.45, 2.75) is 290 Å². The SMILES string of the molecule is CC/C=C\C/C=C\C/C=C\C/C=C\CCCCCCCCCCCCC(=O)OCC(COC(=O)CCCCC/C=C\C/C=C\C/C=C\CC)OC(=O)CCCCCCCCCCCCCCCCCC. The van der Waals surface area contributed by atoms with Crippen molar-refractivity contribution in [2.75, 3.05) is 13.2 Å². The first-order valence-electron chi connectivity index (χ1n) is 29.6. The molecule has 0 aliphatic carbocycles. The van der Waals surface area contributed by atoms with Crippen molar-refractivity contribution in [3.63, 3.8) is 0 Å². The highest BCUT2D eigenvalue weighted by Crippen LogP contribution is 2.16. The van der Waals surface area contributed by atoms with Gasteiger partial charge >= 0.3 is 17.9 Å². The third-order valence-corrected chi connectivity index (χ3v) is 12.6. The van der Waals surface area contributed by atoms with Crippen LogP contribution in [0.3, 0.4) is 0 Å². The minimum absolute atomic E-state index is 0.0861. The van der Waals surface area contributed by atoms with Gasteiger partial charge in [-0.05, 0) is 89.9 Å². The van der Waals surface area contributed by atoms with Crippen LogP contribution in [-0.4, -0.2) is 37.2 Å². The largest absolute Gasteiger partial charge is 0.462 e. The summed E-state index contributed by atoms with van der Waals surface area (Å²) in [6, 6.07) is 0. The minimum Gasteiger partial charge on any atom is -0.462 e. The van der Waals surface area contributed by atoms with E-state index in [1.54, 1.807) is 0 Å². The van der Waals surface area contributed by atoms with Crippen LogP contribution in [0.2, 0.25) is 0 Å². The fraction of sp³-hybridized carbons (Fsp3) is 0.734. The molecule has 6 nitrogen and oxygen atoms in total. The van der Waals surface area contributed by atoms with Gasteiger partial charge < -0.3 is 14.2 Å². The van der Waals surface area contributed by atoms with Gasteiger partial charge in [-0.15, -0.1) is 0 Å². The summed E-state index contributed by atoms with van der Waals surface area (Å²) >= 11 is 0. The van der Waals surface area contributed by atoms with Crippen LogP contribution in [0.4, 0.5) is 0 Å². The van der Waals surface area contributed by atoms with E-state index >= 15 is 0 Å². The van der Waals surface area contributed by atoms with E-state index in [1.807, 2.05) is 0 Å². The van der Waals surface area contributed by atoms with Crippen LogP contribution in [0.5, 0.6) is 0 Å². The molecule has 1 unspecified atom stereocenters. The van der Waals surface area contributed by atoms with Crippen LogP contribution in [0, 0.1) is 0 Å². The molecule has 0 bridgehead atoms. The lowest BCUT2D eigenvalue weighted by Crippen LogP contribution is -2.30. The summed E-state index contributed by atoms with van der Waals surface area (Å²) in [5.41, 5.74) is 0. The highest BCUT2D eigenvalue weighted by Gasteiger charge is 2.19.